The van der Waals surface area contributed by atoms with Gasteiger partial charge in [-0.2, -0.15) is 0 Å². The molecule has 3 N–H and O–H groups in total. The summed E-state index contributed by atoms with van der Waals surface area (Å²) in [5.74, 6) is 1.51. The number of nitrogens with zero attached hydrogens (tertiary/aromatic N) is 1. The highest BCUT2D eigenvalue weighted by atomic mass is 16.1. The van der Waals surface area contributed by atoms with Crippen molar-refractivity contribution in [3.8, 4) is 0 Å². The third-order valence-corrected chi connectivity index (χ3v) is 3.60. The van der Waals surface area contributed by atoms with Crippen LogP contribution < -0.4 is 16.0 Å². The first-order valence-electron chi connectivity index (χ1n) is 8.32. The minimum atomic E-state index is -0.0533. The highest BCUT2D eigenvalue weighted by Crippen LogP contribution is 2.05. The van der Waals surface area contributed by atoms with Crippen LogP contribution in [-0.2, 0) is 6.42 Å². The van der Waals surface area contributed by atoms with E-state index >= 15 is 0 Å². The number of amides is 1. The maximum absolute atomic E-state index is 11.6. The number of guanidine groups is 1. The van der Waals surface area contributed by atoms with Gasteiger partial charge in [-0.1, -0.05) is 26.0 Å². The summed E-state index contributed by atoms with van der Waals surface area (Å²) >= 11 is 0. The first kappa shape index (κ1) is 19.0. The average molecular weight is 318 g/mol. The Morgan fingerprint density at radius 3 is 2.61 bits per heavy atom. The second kappa shape index (κ2) is 10.6. The van der Waals surface area contributed by atoms with Gasteiger partial charge >= 0.3 is 0 Å². The number of benzene rings is 1. The van der Waals surface area contributed by atoms with Crippen LogP contribution in [0.2, 0.25) is 0 Å². The van der Waals surface area contributed by atoms with Crippen LogP contribution in [-0.4, -0.2) is 39.1 Å². The fourth-order valence-corrected chi connectivity index (χ4v) is 2.28. The summed E-state index contributed by atoms with van der Waals surface area (Å²) in [4.78, 5) is 15.9. The van der Waals surface area contributed by atoms with Gasteiger partial charge in [-0.25, -0.2) is 0 Å². The third-order valence-electron chi connectivity index (χ3n) is 3.60. The second-order valence-corrected chi connectivity index (χ2v) is 5.99. The molecule has 23 heavy (non-hydrogen) atoms. The maximum atomic E-state index is 11.6. The predicted octanol–water partition coefficient (Wildman–Crippen LogP) is 2.19. The van der Waals surface area contributed by atoms with Crippen LogP contribution in [0.25, 0.3) is 0 Å². The molecular formula is C18H30N4O. The monoisotopic (exact) mass is 318 g/mol. The van der Waals surface area contributed by atoms with E-state index in [9.17, 15) is 4.79 Å². The summed E-state index contributed by atoms with van der Waals surface area (Å²) in [7, 11) is 3.43. The molecule has 0 saturated heterocycles. The Morgan fingerprint density at radius 2 is 1.96 bits per heavy atom. The van der Waals surface area contributed by atoms with Crippen molar-refractivity contribution < 1.29 is 4.79 Å². The zero-order valence-electron chi connectivity index (χ0n) is 14.8. The number of hydrogen-bond acceptors (Lipinski definition) is 2. The van der Waals surface area contributed by atoms with Crippen molar-refractivity contribution in [2.45, 2.75) is 33.1 Å². The van der Waals surface area contributed by atoms with Crippen LogP contribution >= 0.6 is 0 Å². The van der Waals surface area contributed by atoms with E-state index in [1.165, 1.54) is 6.42 Å². The second-order valence-electron chi connectivity index (χ2n) is 5.99. The molecule has 1 aromatic rings. The van der Waals surface area contributed by atoms with Gasteiger partial charge < -0.3 is 16.0 Å². The van der Waals surface area contributed by atoms with Crippen molar-refractivity contribution in [2.75, 3.05) is 27.2 Å². The van der Waals surface area contributed by atoms with Gasteiger partial charge in [0, 0.05) is 32.7 Å². The SMILES string of the molecule is CN=C(NCCCC(C)C)NCCc1cccc(C(=O)NC)c1. The number of carbonyl (C=O) groups excluding carboxylic acids is 1. The standard InChI is InChI=1S/C18H30N4O/c1-14(2)7-6-11-21-18(20-4)22-12-10-15-8-5-9-16(13-15)17(23)19-3/h5,8-9,13-14H,6-7,10-12H2,1-4H3,(H,19,23)(H2,20,21,22). The van der Waals surface area contributed by atoms with Gasteiger partial charge in [-0.05, 0) is 42.9 Å². The van der Waals surface area contributed by atoms with Crippen molar-refractivity contribution >= 4 is 11.9 Å². The van der Waals surface area contributed by atoms with Gasteiger partial charge in [0.2, 0.25) is 0 Å². The van der Waals surface area contributed by atoms with Crippen LogP contribution in [0.3, 0.4) is 0 Å². The molecule has 0 aliphatic carbocycles. The largest absolute Gasteiger partial charge is 0.356 e. The summed E-state index contributed by atoms with van der Waals surface area (Å²) in [5.41, 5.74) is 1.83. The highest BCUT2D eigenvalue weighted by Gasteiger charge is 2.04. The Morgan fingerprint density at radius 1 is 1.22 bits per heavy atom. The van der Waals surface area contributed by atoms with E-state index in [1.54, 1.807) is 14.1 Å². The van der Waals surface area contributed by atoms with E-state index in [-0.39, 0.29) is 5.91 Å². The lowest BCUT2D eigenvalue weighted by Gasteiger charge is -2.12. The Bertz CT molecular complexity index is 511. The van der Waals surface area contributed by atoms with Crippen molar-refractivity contribution in [2.24, 2.45) is 10.9 Å². The molecule has 128 valence electrons. The van der Waals surface area contributed by atoms with E-state index < -0.39 is 0 Å². The summed E-state index contributed by atoms with van der Waals surface area (Å²) in [5, 5.41) is 9.28. The number of carbonyl (C=O) groups is 1. The maximum Gasteiger partial charge on any atom is 0.251 e. The first-order chi connectivity index (χ1) is 11.1. The molecule has 0 fully saturated rings. The van der Waals surface area contributed by atoms with E-state index in [0.29, 0.717) is 5.56 Å². The number of nitrogens with one attached hydrogen (secondary N) is 3. The molecule has 0 aliphatic heterocycles. The zero-order valence-corrected chi connectivity index (χ0v) is 14.8. The summed E-state index contributed by atoms with van der Waals surface area (Å²) in [6, 6.07) is 7.70. The molecular weight excluding hydrogens is 288 g/mol. The van der Waals surface area contributed by atoms with Crippen LogP contribution in [0.1, 0.15) is 42.6 Å². The molecule has 1 rings (SSSR count). The minimum Gasteiger partial charge on any atom is -0.356 e. The van der Waals surface area contributed by atoms with E-state index in [0.717, 1.165) is 43.4 Å². The number of rotatable bonds is 8. The molecule has 0 spiro atoms. The molecule has 0 aliphatic rings. The Hall–Kier alpha value is -2.04. The molecule has 0 aromatic heterocycles. The third kappa shape index (κ3) is 7.68. The lowest BCUT2D eigenvalue weighted by Crippen LogP contribution is -2.38. The Labute approximate surface area is 140 Å². The Kier molecular flexibility index (Phi) is 8.80. The summed E-state index contributed by atoms with van der Waals surface area (Å²) in [6.07, 6.45) is 3.21. The summed E-state index contributed by atoms with van der Waals surface area (Å²) < 4.78 is 0. The van der Waals surface area contributed by atoms with Gasteiger partial charge in [0.25, 0.3) is 5.91 Å². The molecule has 0 atom stereocenters. The average Bonchev–Trinajstić information content (AvgIpc) is 2.56. The predicted molar refractivity (Wildman–Crippen MR) is 97.0 cm³/mol. The van der Waals surface area contributed by atoms with Gasteiger partial charge in [0.05, 0.1) is 0 Å². The van der Waals surface area contributed by atoms with Gasteiger partial charge in [-0.15, -0.1) is 0 Å². The van der Waals surface area contributed by atoms with Crippen LogP contribution in [0.4, 0.5) is 0 Å². The first-order valence-corrected chi connectivity index (χ1v) is 8.32. The van der Waals surface area contributed by atoms with Crippen LogP contribution in [0.15, 0.2) is 29.3 Å². The van der Waals surface area contributed by atoms with Crippen LogP contribution in [0, 0.1) is 5.92 Å². The van der Waals surface area contributed by atoms with E-state index in [4.69, 9.17) is 0 Å². The Balaban J connectivity index is 2.35. The van der Waals surface area contributed by atoms with Gasteiger partial charge in [-0.3, -0.25) is 9.79 Å². The normalized spacial score (nSPS) is 11.4. The highest BCUT2D eigenvalue weighted by molar-refractivity contribution is 5.94. The zero-order chi connectivity index (χ0) is 17.1. The van der Waals surface area contributed by atoms with Crippen molar-refractivity contribution in [1.82, 2.24) is 16.0 Å². The van der Waals surface area contributed by atoms with E-state index in [1.807, 2.05) is 24.3 Å². The molecule has 0 heterocycles. The molecule has 5 nitrogen and oxygen atoms in total. The van der Waals surface area contributed by atoms with Gasteiger partial charge in [0.15, 0.2) is 5.96 Å². The van der Waals surface area contributed by atoms with Crippen molar-refractivity contribution in [3.63, 3.8) is 0 Å². The molecule has 0 bridgehead atoms. The fraction of sp³-hybridized carbons (Fsp3) is 0.556. The molecule has 5 heteroatoms. The summed E-state index contributed by atoms with van der Waals surface area (Å²) in [6.45, 7) is 6.19. The minimum absolute atomic E-state index is 0.0533. The van der Waals surface area contributed by atoms with Crippen molar-refractivity contribution in [1.29, 1.82) is 0 Å². The lowest BCUT2D eigenvalue weighted by atomic mass is 10.1. The number of hydrogen-bond donors (Lipinski definition) is 3. The smallest absolute Gasteiger partial charge is 0.251 e. The molecule has 1 aromatic carbocycles. The van der Waals surface area contributed by atoms with Crippen LogP contribution in [0.5, 0.6) is 0 Å². The molecule has 0 saturated carbocycles. The molecule has 1 amide bonds. The van der Waals surface area contributed by atoms with Gasteiger partial charge in [0.1, 0.15) is 0 Å². The quantitative estimate of drug-likeness (QED) is 0.391. The van der Waals surface area contributed by atoms with E-state index in [2.05, 4.69) is 34.8 Å². The topological polar surface area (TPSA) is 65.5 Å². The number of aliphatic imine (C=N–C) groups is 1. The molecule has 0 radical (unpaired) electrons. The van der Waals surface area contributed by atoms with Crippen molar-refractivity contribution in [3.05, 3.63) is 35.4 Å². The molecule has 0 unspecified atom stereocenters. The fourth-order valence-electron chi connectivity index (χ4n) is 2.28. The lowest BCUT2D eigenvalue weighted by molar-refractivity contribution is 0.0963.